The summed E-state index contributed by atoms with van der Waals surface area (Å²) in [6.45, 7) is 0. The molecule has 3 heterocycles. The molecule has 286 valence electrons. The van der Waals surface area contributed by atoms with E-state index in [2.05, 4.69) is 234 Å². The maximum atomic E-state index is 5.55. The van der Waals surface area contributed by atoms with Crippen LogP contribution in [0.1, 0.15) is 0 Å². The lowest BCUT2D eigenvalue weighted by Gasteiger charge is -2.35. The lowest BCUT2D eigenvalue weighted by atomic mass is 10.0. The van der Waals surface area contributed by atoms with Crippen LogP contribution >= 0.6 is 0 Å². The summed E-state index contributed by atoms with van der Waals surface area (Å²) in [7, 11) is -2.94. The SMILES string of the molecule is c1ccc([Si](c2ccccc2)(c2ccccc2)c2cc(-c3nc(-n4c5ccccc5c5ccccc54)nc(-n4c5ccccc5c5ccccc54)n3)c3ccccc3c2)cc1. The van der Waals surface area contributed by atoms with E-state index in [-0.39, 0.29) is 0 Å². The van der Waals surface area contributed by atoms with Gasteiger partial charge in [-0.3, -0.25) is 9.13 Å². The molecule has 0 radical (unpaired) electrons. The molecule has 0 N–H and O–H groups in total. The summed E-state index contributed by atoms with van der Waals surface area (Å²) in [6, 6.07) is 80.9. The third-order valence-corrected chi connectivity index (χ3v) is 17.1. The number of benzene rings is 9. The molecule has 0 amide bonds. The Morgan fingerprint density at radius 2 is 0.639 bits per heavy atom. The fourth-order valence-corrected chi connectivity index (χ4v) is 14.5. The Hall–Kier alpha value is -7.93. The first-order chi connectivity index (χ1) is 30.3. The van der Waals surface area contributed by atoms with E-state index in [4.69, 9.17) is 15.0 Å². The molecule has 0 aliphatic rings. The molecule has 0 unspecified atom stereocenters. The van der Waals surface area contributed by atoms with Crippen LogP contribution in [-0.4, -0.2) is 32.2 Å². The fraction of sp³-hybridized carbons (Fsp3) is 0. The van der Waals surface area contributed by atoms with Gasteiger partial charge in [0.2, 0.25) is 11.9 Å². The van der Waals surface area contributed by atoms with Gasteiger partial charge in [-0.15, -0.1) is 0 Å². The average molecular weight is 796 g/mol. The van der Waals surface area contributed by atoms with Crippen LogP contribution in [-0.2, 0) is 0 Å². The van der Waals surface area contributed by atoms with Gasteiger partial charge in [0, 0.05) is 27.1 Å². The van der Waals surface area contributed by atoms with Crippen LogP contribution in [0.15, 0.2) is 224 Å². The number of para-hydroxylation sites is 4. The number of aromatic nitrogens is 5. The minimum absolute atomic E-state index is 0.562. The van der Waals surface area contributed by atoms with Gasteiger partial charge in [0.1, 0.15) is 0 Å². The standard InChI is InChI=1S/C55H37N5Si/c1-4-21-39(22-5-1)61(40-23-6-2-7-24-40,41-25-8-3-9-26-41)42-36-38-20-10-11-27-43(38)48(37-42)53-56-54(59-49-32-16-12-28-44(49)45-29-13-17-33-50(45)59)58-55(57-53)60-51-34-18-14-30-46(51)47-31-15-19-35-52(47)60/h1-37H. The summed E-state index contributed by atoms with van der Waals surface area (Å²) in [6.07, 6.45) is 0. The number of fused-ring (bicyclic) bond motifs is 7. The van der Waals surface area contributed by atoms with Crippen molar-refractivity contribution in [2.75, 3.05) is 0 Å². The van der Waals surface area contributed by atoms with Crippen molar-refractivity contribution in [3.8, 4) is 23.3 Å². The highest BCUT2D eigenvalue weighted by atomic mass is 28.3. The van der Waals surface area contributed by atoms with Gasteiger partial charge in [-0.2, -0.15) is 15.0 Å². The summed E-state index contributed by atoms with van der Waals surface area (Å²) in [5.41, 5.74) is 5.11. The molecular formula is C55H37N5Si. The maximum Gasteiger partial charge on any atom is 0.240 e. The molecular weight excluding hydrogens is 759 g/mol. The molecule has 0 fully saturated rings. The van der Waals surface area contributed by atoms with Crippen LogP contribution in [0.5, 0.6) is 0 Å². The molecule has 0 bridgehead atoms. The predicted molar refractivity (Wildman–Crippen MR) is 255 cm³/mol. The minimum Gasteiger partial charge on any atom is -0.278 e. The van der Waals surface area contributed by atoms with Crippen molar-refractivity contribution in [3.63, 3.8) is 0 Å². The Labute approximate surface area is 353 Å². The van der Waals surface area contributed by atoms with E-state index in [1.165, 1.54) is 20.7 Å². The largest absolute Gasteiger partial charge is 0.278 e. The van der Waals surface area contributed by atoms with E-state index in [0.29, 0.717) is 17.7 Å². The van der Waals surface area contributed by atoms with E-state index >= 15 is 0 Å². The smallest absolute Gasteiger partial charge is 0.240 e. The zero-order chi connectivity index (χ0) is 40.3. The van der Waals surface area contributed by atoms with Crippen molar-refractivity contribution in [2.45, 2.75) is 0 Å². The highest BCUT2D eigenvalue weighted by Crippen LogP contribution is 2.35. The highest BCUT2D eigenvalue weighted by molar-refractivity contribution is 7.20. The average Bonchev–Trinajstić information content (AvgIpc) is 3.86. The molecule has 12 rings (SSSR count). The highest BCUT2D eigenvalue weighted by Gasteiger charge is 2.42. The topological polar surface area (TPSA) is 48.5 Å². The van der Waals surface area contributed by atoms with Crippen LogP contribution in [0, 0.1) is 0 Å². The lowest BCUT2D eigenvalue weighted by Crippen LogP contribution is -2.74. The molecule has 61 heavy (non-hydrogen) atoms. The van der Waals surface area contributed by atoms with Crippen molar-refractivity contribution in [2.24, 2.45) is 0 Å². The van der Waals surface area contributed by atoms with Crippen LogP contribution in [0.4, 0.5) is 0 Å². The van der Waals surface area contributed by atoms with Crippen molar-refractivity contribution < 1.29 is 0 Å². The van der Waals surface area contributed by atoms with Crippen LogP contribution in [0.3, 0.4) is 0 Å². The molecule has 0 saturated carbocycles. The van der Waals surface area contributed by atoms with Crippen LogP contribution in [0.2, 0.25) is 0 Å². The molecule has 5 nitrogen and oxygen atoms in total. The van der Waals surface area contributed by atoms with Crippen LogP contribution in [0.25, 0.3) is 77.7 Å². The summed E-state index contributed by atoms with van der Waals surface area (Å²) in [5, 5.41) is 12.0. The zero-order valence-electron chi connectivity index (χ0n) is 33.1. The quantitative estimate of drug-likeness (QED) is 0.119. The molecule has 6 heteroatoms. The normalized spacial score (nSPS) is 11.9. The maximum absolute atomic E-state index is 5.55. The van der Waals surface area contributed by atoms with E-state index in [9.17, 15) is 0 Å². The van der Waals surface area contributed by atoms with Crippen LogP contribution < -0.4 is 20.7 Å². The molecule has 0 aliphatic carbocycles. The van der Waals surface area contributed by atoms with E-state index < -0.39 is 8.07 Å². The Morgan fingerprint density at radius 3 is 1.05 bits per heavy atom. The minimum atomic E-state index is -2.94. The molecule has 3 aromatic heterocycles. The molecule has 0 aliphatic heterocycles. The summed E-state index contributed by atoms with van der Waals surface area (Å²) < 4.78 is 4.41. The van der Waals surface area contributed by atoms with E-state index in [0.717, 1.165) is 59.9 Å². The molecule has 12 aromatic rings. The van der Waals surface area contributed by atoms with Crippen molar-refractivity contribution >= 4 is 83.2 Å². The second-order valence-electron chi connectivity index (χ2n) is 15.6. The first-order valence-corrected chi connectivity index (χ1v) is 22.7. The fourth-order valence-electron chi connectivity index (χ4n) is 9.73. The Morgan fingerprint density at radius 1 is 0.295 bits per heavy atom. The third-order valence-electron chi connectivity index (χ3n) is 12.3. The van der Waals surface area contributed by atoms with Gasteiger partial charge in [0.05, 0.1) is 22.1 Å². The second-order valence-corrected chi connectivity index (χ2v) is 19.4. The first kappa shape index (κ1) is 35.0. The third kappa shape index (κ3) is 5.43. The van der Waals surface area contributed by atoms with E-state index in [1.54, 1.807) is 0 Å². The second kappa shape index (κ2) is 14.1. The number of hydrogen-bond acceptors (Lipinski definition) is 3. The number of hydrogen-bond donors (Lipinski definition) is 0. The van der Waals surface area contributed by atoms with Gasteiger partial charge >= 0.3 is 0 Å². The molecule has 0 saturated heterocycles. The summed E-state index contributed by atoms with van der Waals surface area (Å²) >= 11 is 0. The first-order valence-electron chi connectivity index (χ1n) is 20.7. The van der Waals surface area contributed by atoms with E-state index in [1.807, 2.05) is 0 Å². The van der Waals surface area contributed by atoms with Gasteiger partial charge in [-0.25, -0.2) is 0 Å². The monoisotopic (exact) mass is 795 g/mol. The van der Waals surface area contributed by atoms with Crippen molar-refractivity contribution in [3.05, 3.63) is 224 Å². The zero-order valence-corrected chi connectivity index (χ0v) is 34.1. The molecule has 9 aromatic carbocycles. The molecule has 0 spiro atoms. The van der Waals surface area contributed by atoms with Gasteiger partial charge in [0.15, 0.2) is 13.9 Å². The predicted octanol–water partition coefficient (Wildman–Crippen LogP) is 10.3. The Bertz CT molecular complexity index is 3260. The van der Waals surface area contributed by atoms with Gasteiger partial charge in [-0.1, -0.05) is 200 Å². The molecule has 0 atom stereocenters. The van der Waals surface area contributed by atoms with Gasteiger partial charge in [0.25, 0.3) is 0 Å². The summed E-state index contributed by atoms with van der Waals surface area (Å²) in [4.78, 5) is 16.6. The number of nitrogens with zero attached hydrogens (tertiary/aromatic N) is 5. The van der Waals surface area contributed by atoms with Gasteiger partial charge in [-0.05, 0) is 55.8 Å². The Balaban J connectivity index is 1.23. The van der Waals surface area contributed by atoms with Crippen molar-refractivity contribution in [1.82, 2.24) is 24.1 Å². The summed E-state index contributed by atoms with van der Waals surface area (Å²) in [5.74, 6) is 1.73. The van der Waals surface area contributed by atoms with Gasteiger partial charge < -0.3 is 0 Å². The Kier molecular flexibility index (Phi) is 8.11. The number of rotatable bonds is 7. The lowest BCUT2D eigenvalue weighted by molar-refractivity contribution is 0.893. The van der Waals surface area contributed by atoms with Crippen molar-refractivity contribution in [1.29, 1.82) is 0 Å².